The number of nitrogens with zero attached hydrogens (tertiary/aromatic N) is 5. The molecule has 0 spiro atoms. The highest BCUT2D eigenvalue weighted by Gasteiger charge is 2.33. The van der Waals surface area contributed by atoms with Gasteiger partial charge in [0, 0.05) is 13.5 Å². The summed E-state index contributed by atoms with van der Waals surface area (Å²) in [6.07, 6.45) is -1.25. The van der Waals surface area contributed by atoms with Crippen molar-refractivity contribution in [2.24, 2.45) is 5.92 Å². The van der Waals surface area contributed by atoms with Crippen molar-refractivity contribution < 1.29 is 31.2 Å². The Morgan fingerprint density at radius 2 is 1.90 bits per heavy atom. The van der Waals surface area contributed by atoms with Gasteiger partial charge in [-0.15, -0.1) is 0 Å². The summed E-state index contributed by atoms with van der Waals surface area (Å²) in [5, 5.41) is -0.202. The maximum Gasteiger partial charge on any atom is 0.433 e. The smallest absolute Gasteiger partial charge is 0.341 e. The highest BCUT2D eigenvalue weighted by Crippen LogP contribution is 2.33. The fourth-order valence-electron chi connectivity index (χ4n) is 2.53. The van der Waals surface area contributed by atoms with Crippen LogP contribution in [0.25, 0.3) is 11.0 Å². The van der Waals surface area contributed by atoms with Crippen molar-refractivity contribution in [1.29, 1.82) is 0 Å². The lowest BCUT2D eigenvalue weighted by Gasteiger charge is -2.04. The molecule has 0 aromatic carbocycles. The van der Waals surface area contributed by atoms with Gasteiger partial charge in [-0.3, -0.25) is 9.78 Å². The number of hydrogen-bond acceptors (Lipinski definition) is 5. The second kappa shape index (κ2) is 8.86. The molecule has 0 atom stereocenters. The van der Waals surface area contributed by atoms with Gasteiger partial charge >= 0.3 is 12.1 Å². The van der Waals surface area contributed by atoms with E-state index in [1.54, 1.807) is 0 Å². The number of halogens is 6. The van der Waals surface area contributed by atoms with Gasteiger partial charge in [-0.05, 0) is 24.8 Å². The molecule has 4 rings (SSSR count). The van der Waals surface area contributed by atoms with Gasteiger partial charge in [0.15, 0.2) is 0 Å². The Morgan fingerprint density at radius 1 is 1.19 bits per heavy atom. The third kappa shape index (κ3) is 5.89. The standard InChI is InChI=1S/C11H10F3N3.C7H6F3N3O/c12-11(13,14)9-4-7-8(5-15-9)17-10(16-7)3-6-1-2-6;1-13(10)7(14)5-3-11-4(2-12-5)6(8)9/h4-6H,1-3H2,(H,16,17);2-3,6H,1H3. The first-order valence-electron chi connectivity index (χ1n) is 9.00. The molecule has 166 valence electrons. The van der Waals surface area contributed by atoms with Gasteiger partial charge in [0.05, 0.1) is 29.6 Å². The van der Waals surface area contributed by atoms with Crippen LogP contribution in [0.1, 0.15) is 47.0 Å². The molecule has 7 nitrogen and oxygen atoms in total. The molecule has 0 radical (unpaired) electrons. The predicted octanol–water partition coefficient (Wildman–Crippen LogP) is 4.30. The van der Waals surface area contributed by atoms with Crippen molar-refractivity contribution in [3.8, 4) is 0 Å². The zero-order valence-corrected chi connectivity index (χ0v) is 16.0. The number of hydrogen-bond donors (Lipinski definition) is 1. The molecule has 3 heterocycles. The van der Waals surface area contributed by atoms with Gasteiger partial charge in [-0.1, -0.05) is 4.48 Å². The number of H-pyrrole nitrogens is 1. The molecule has 31 heavy (non-hydrogen) atoms. The topological polar surface area (TPSA) is 87.7 Å². The number of fused-ring (bicyclic) bond motifs is 1. The Morgan fingerprint density at radius 3 is 2.42 bits per heavy atom. The van der Waals surface area contributed by atoms with Gasteiger partial charge in [0.2, 0.25) is 0 Å². The van der Waals surface area contributed by atoms with E-state index in [4.69, 9.17) is 0 Å². The number of aromatic nitrogens is 5. The summed E-state index contributed by atoms with van der Waals surface area (Å²) < 4.78 is 73.6. The number of nitrogens with one attached hydrogen (secondary N) is 1. The van der Waals surface area contributed by atoms with E-state index in [-0.39, 0.29) is 10.8 Å². The molecular formula is C18H16F6N6O. The van der Waals surface area contributed by atoms with Crippen LogP contribution in [0.5, 0.6) is 0 Å². The normalized spacial score (nSPS) is 13.8. The Balaban J connectivity index is 0.000000180. The highest BCUT2D eigenvalue weighted by atomic mass is 19.4. The third-order valence-electron chi connectivity index (χ3n) is 4.28. The van der Waals surface area contributed by atoms with Crippen LogP contribution in [-0.4, -0.2) is 43.0 Å². The molecule has 1 aliphatic rings. The van der Waals surface area contributed by atoms with E-state index in [2.05, 4.69) is 24.9 Å². The maximum absolute atomic E-state index is 12.4. The van der Waals surface area contributed by atoms with E-state index in [1.807, 2.05) is 0 Å². The highest BCUT2D eigenvalue weighted by molar-refractivity contribution is 5.90. The molecule has 1 amide bonds. The Hall–Kier alpha value is -3.25. The predicted molar refractivity (Wildman–Crippen MR) is 95.5 cm³/mol. The van der Waals surface area contributed by atoms with Crippen LogP contribution in [0, 0.1) is 5.92 Å². The summed E-state index contributed by atoms with van der Waals surface area (Å²) in [4.78, 5) is 28.1. The number of aromatic amines is 1. The average molecular weight is 446 g/mol. The summed E-state index contributed by atoms with van der Waals surface area (Å²) in [5.74, 6) is 0.368. The zero-order chi connectivity index (χ0) is 22.8. The SMILES string of the molecule is CN(F)C(=O)c1cnc(C(F)F)cn1.FC(F)(F)c1cc2nc(CC3CC3)[nH]c2cn1. The van der Waals surface area contributed by atoms with Gasteiger partial charge in [-0.2, -0.15) is 18.3 Å². The fourth-order valence-corrected chi connectivity index (χ4v) is 2.53. The Labute approximate surface area is 171 Å². The Kier molecular flexibility index (Phi) is 6.41. The molecule has 13 heteroatoms. The average Bonchev–Trinajstić information content (AvgIpc) is 3.42. The Bertz CT molecular complexity index is 1050. The third-order valence-corrected chi connectivity index (χ3v) is 4.28. The van der Waals surface area contributed by atoms with E-state index in [0.29, 0.717) is 17.0 Å². The fraction of sp³-hybridized carbons (Fsp3) is 0.389. The first-order chi connectivity index (χ1) is 14.5. The van der Waals surface area contributed by atoms with E-state index in [1.165, 1.54) is 19.0 Å². The van der Waals surface area contributed by atoms with E-state index >= 15 is 0 Å². The number of rotatable bonds is 4. The summed E-state index contributed by atoms with van der Waals surface area (Å²) in [6.45, 7) is 0. The lowest BCUT2D eigenvalue weighted by atomic mass is 10.3. The minimum atomic E-state index is -4.41. The first kappa shape index (κ1) is 22.4. The molecule has 0 unspecified atom stereocenters. The number of amides is 1. The lowest BCUT2D eigenvalue weighted by Crippen LogP contribution is -2.19. The van der Waals surface area contributed by atoms with Crippen LogP contribution < -0.4 is 0 Å². The van der Waals surface area contributed by atoms with Crippen LogP contribution in [0.4, 0.5) is 26.4 Å². The molecule has 1 fully saturated rings. The number of imidazole rings is 1. The van der Waals surface area contributed by atoms with Crippen molar-refractivity contribution in [1.82, 2.24) is 30.0 Å². The maximum atomic E-state index is 12.4. The van der Waals surface area contributed by atoms with Gasteiger partial charge < -0.3 is 4.98 Å². The van der Waals surface area contributed by atoms with Crippen molar-refractivity contribution in [3.63, 3.8) is 0 Å². The van der Waals surface area contributed by atoms with E-state index < -0.39 is 29.9 Å². The molecule has 1 saturated carbocycles. The van der Waals surface area contributed by atoms with Crippen LogP contribution in [0.15, 0.2) is 24.7 Å². The quantitative estimate of drug-likeness (QED) is 0.477. The molecular weight excluding hydrogens is 430 g/mol. The van der Waals surface area contributed by atoms with E-state index in [0.717, 1.165) is 37.8 Å². The van der Waals surface area contributed by atoms with Crippen molar-refractivity contribution >= 4 is 16.9 Å². The van der Waals surface area contributed by atoms with Crippen molar-refractivity contribution in [2.75, 3.05) is 7.05 Å². The second-order valence-electron chi connectivity index (χ2n) is 6.82. The summed E-state index contributed by atoms with van der Waals surface area (Å²) in [6, 6.07) is 0.988. The van der Waals surface area contributed by atoms with Crippen LogP contribution in [0.3, 0.4) is 0 Å². The lowest BCUT2D eigenvalue weighted by molar-refractivity contribution is -0.141. The van der Waals surface area contributed by atoms with Crippen LogP contribution in [0.2, 0.25) is 0 Å². The number of pyridine rings is 1. The van der Waals surface area contributed by atoms with Crippen molar-refractivity contribution in [3.05, 3.63) is 47.6 Å². The molecule has 1 aliphatic carbocycles. The number of carbonyl (C=O) groups excluding carboxylic acids is 1. The van der Waals surface area contributed by atoms with Crippen LogP contribution >= 0.6 is 0 Å². The zero-order valence-electron chi connectivity index (χ0n) is 16.0. The molecule has 0 saturated heterocycles. The molecule has 0 aliphatic heterocycles. The van der Waals surface area contributed by atoms with Gasteiger partial charge in [0.1, 0.15) is 22.9 Å². The van der Waals surface area contributed by atoms with Gasteiger partial charge in [0.25, 0.3) is 6.43 Å². The summed E-state index contributed by atoms with van der Waals surface area (Å²) in [7, 11) is 0.880. The monoisotopic (exact) mass is 446 g/mol. The van der Waals surface area contributed by atoms with E-state index in [9.17, 15) is 31.2 Å². The minimum absolute atomic E-state index is 0.202. The molecule has 0 bridgehead atoms. The summed E-state index contributed by atoms with van der Waals surface area (Å²) >= 11 is 0. The molecule has 1 N–H and O–H groups in total. The molecule has 3 aromatic heterocycles. The van der Waals surface area contributed by atoms with Gasteiger partial charge in [-0.25, -0.2) is 23.7 Å². The largest absolute Gasteiger partial charge is 0.433 e. The van der Waals surface area contributed by atoms with Crippen LogP contribution in [-0.2, 0) is 12.6 Å². The number of carbonyl (C=O) groups is 1. The second-order valence-corrected chi connectivity index (χ2v) is 6.82. The minimum Gasteiger partial charge on any atom is -0.341 e. The number of alkyl halides is 5. The van der Waals surface area contributed by atoms with Crippen molar-refractivity contribution in [2.45, 2.75) is 31.9 Å². The summed E-state index contributed by atoms with van der Waals surface area (Å²) in [5.41, 5.74) is -0.867. The first-order valence-corrected chi connectivity index (χ1v) is 9.00. The molecule has 3 aromatic rings.